The number of aromatic nitrogens is 2. The van der Waals surface area contributed by atoms with Crippen LogP contribution in [0.2, 0.25) is 0 Å². The number of hydrogen-bond donors (Lipinski definition) is 2. The van der Waals surface area contributed by atoms with Gasteiger partial charge >= 0.3 is 5.97 Å². The summed E-state index contributed by atoms with van der Waals surface area (Å²) in [4.78, 5) is 32.4. The van der Waals surface area contributed by atoms with Gasteiger partial charge in [0.05, 0.1) is 0 Å². The fraction of sp³-hybridized carbons (Fsp3) is 0.500. The molecule has 0 aromatic carbocycles. The smallest absolute Gasteiger partial charge is 0.358 e. The van der Waals surface area contributed by atoms with Crippen LogP contribution in [0.1, 0.15) is 29.8 Å². The Balaban J connectivity index is 1.89. The van der Waals surface area contributed by atoms with Gasteiger partial charge in [-0.3, -0.25) is 4.79 Å². The summed E-state index contributed by atoms with van der Waals surface area (Å²) in [5.74, 6) is -1.45. The quantitative estimate of drug-likeness (QED) is 0.808. The van der Waals surface area contributed by atoms with Crippen LogP contribution < -0.4 is 5.32 Å². The minimum absolute atomic E-state index is 0.00132. The molecule has 1 aliphatic rings. The predicted octanol–water partition coefficient (Wildman–Crippen LogP) is 0.599. The van der Waals surface area contributed by atoms with E-state index in [0.29, 0.717) is 13.0 Å². The lowest BCUT2D eigenvalue weighted by atomic mass is 10.3. The molecule has 2 N–H and O–H groups in total. The van der Waals surface area contributed by atoms with E-state index in [1.807, 2.05) is 0 Å². The molecule has 0 radical (unpaired) electrons. The molecule has 0 atom stereocenters. The number of carbonyl (C=O) groups is 2. The van der Waals surface area contributed by atoms with Crippen LogP contribution in [0.4, 0.5) is 5.82 Å². The van der Waals surface area contributed by atoms with Gasteiger partial charge in [-0.15, -0.1) is 0 Å². The maximum atomic E-state index is 11.7. The molecule has 1 fully saturated rings. The van der Waals surface area contributed by atoms with Crippen LogP contribution in [0.25, 0.3) is 0 Å². The SMILES string of the molecule is O=C(CCN1CCCC1)Nc1nccnc1C(=O)O. The van der Waals surface area contributed by atoms with Crippen LogP contribution in [0, 0.1) is 0 Å². The van der Waals surface area contributed by atoms with Gasteiger partial charge in [0.2, 0.25) is 5.91 Å². The Morgan fingerprint density at radius 2 is 1.95 bits per heavy atom. The molecule has 1 aromatic heterocycles. The highest BCUT2D eigenvalue weighted by Gasteiger charge is 2.16. The molecule has 1 aliphatic heterocycles. The largest absolute Gasteiger partial charge is 0.476 e. The molecule has 1 aromatic rings. The molecule has 7 nitrogen and oxygen atoms in total. The molecule has 0 bridgehead atoms. The van der Waals surface area contributed by atoms with Gasteiger partial charge in [-0.05, 0) is 25.9 Å². The molecule has 1 amide bonds. The number of anilines is 1. The normalized spacial score (nSPS) is 15.4. The highest BCUT2D eigenvalue weighted by Crippen LogP contribution is 2.10. The molecule has 2 rings (SSSR count). The molecular formula is C12H16N4O3. The van der Waals surface area contributed by atoms with Crippen molar-refractivity contribution in [1.82, 2.24) is 14.9 Å². The van der Waals surface area contributed by atoms with Gasteiger partial charge in [-0.2, -0.15) is 0 Å². The molecule has 1 saturated heterocycles. The van der Waals surface area contributed by atoms with Crippen molar-refractivity contribution in [1.29, 1.82) is 0 Å². The van der Waals surface area contributed by atoms with E-state index < -0.39 is 5.97 Å². The molecule has 19 heavy (non-hydrogen) atoms. The highest BCUT2D eigenvalue weighted by atomic mass is 16.4. The summed E-state index contributed by atoms with van der Waals surface area (Å²) in [5.41, 5.74) is -0.239. The van der Waals surface area contributed by atoms with Crippen LogP contribution >= 0.6 is 0 Å². The Hall–Kier alpha value is -2.02. The van der Waals surface area contributed by atoms with Gasteiger partial charge in [0, 0.05) is 25.4 Å². The molecule has 0 saturated carbocycles. The van der Waals surface area contributed by atoms with Gasteiger partial charge in [0.1, 0.15) is 0 Å². The summed E-state index contributed by atoms with van der Waals surface area (Å²) < 4.78 is 0. The summed E-state index contributed by atoms with van der Waals surface area (Å²) in [6, 6.07) is 0. The zero-order valence-electron chi connectivity index (χ0n) is 10.5. The molecule has 0 spiro atoms. The number of hydrogen-bond acceptors (Lipinski definition) is 5. The lowest BCUT2D eigenvalue weighted by Gasteiger charge is -2.13. The third-order valence-electron chi connectivity index (χ3n) is 3.01. The summed E-state index contributed by atoms with van der Waals surface area (Å²) in [7, 11) is 0. The Morgan fingerprint density at radius 3 is 2.63 bits per heavy atom. The predicted molar refractivity (Wildman–Crippen MR) is 67.9 cm³/mol. The van der Waals surface area contributed by atoms with Crippen molar-refractivity contribution in [2.75, 3.05) is 25.0 Å². The fourth-order valence-electron chi connectivity index (χ4n) is 2.05. The van der Waals surface area contributed by atoms with Crippen molar-refractivity contribution in [3.8, 4) is 0 Å². The van der Waals surface area contributed by atoms with Crippen molar-refractivity contribution in [2.45, 2.75) is 19.3 Å². The maximum absolute atomic E-state index is 11.7. The first-order valence-corrected chi connectivity index (χ1v) is 6.23. The second kappa shape index (κ2) is 6.24. The van der Waals surface area contributed by atoms with Crippen molar-refractivity contribution in [3.63, 3.8) is 0 Å². The number of rotatable bonds is 5. The van der Waals surface area contributed by atoms with E-state index in [9.17, 15) is 9.59 Å². The molecule has 0 aliphatic carbocycles. The lowest BCUT2D eigenvalue weighted by Crippen LogP contribution is -2.25. The van der Waals surface area contributed by atoms with Crippen LogP contribution in [0.5, 0.6) is 0 Å². The maximum Gasteiger partial charge on any atom is 0.358 e. The molecule has 2 heterocycles. The molecule has 7 heteroatoms. The topological polar surface area (TPSA) is 95.4 Å². The highest BCUT2D eigenvalue weighted by molar-refractivity contribution is 5.97. The van der Waals surface area contributed by atoms with E-state index in [4.69, 9.17) is 5.11 Å². The number of nitrogens with one attached hydrogen (secondary N) is 1. The van der Waals surface area contributed by atoms with E-state index in [1.165, 1.54) is 25.2 Å². The number of carboxylic acid groups (broad SMARTS) is 1. The lowest BCUT2D eigenvalue weighted by molar-refractivity contribution is -0.116. The number of carbonyl (C=O) groups excluding carboxylic acids is 1. The van der Waals surface area contributed by atoms with E-state index in [1.54, 1.807) is 0 Å². The summed E-state index contributed by atoms with van der Waals surface area (Å²) in [5, 5.41) is 11.4. The van der Waals surface area contributed by atoms with E-state index in [2.05, 4.69) is 20.2 Å². The fourth-order valence-corrected chi connectivity index (χ4v) is 2.05. The first-order chi connectivity index (χ1) is 9.16. The Labute approximate surface area is 110 Å². The summed E-state index contributed by atoms with van der Waals surface area (Å²) in [6.07, 6.45) is 5.31. The van der Waals surface area contributed by atoms with Crippen LogP contribution in [0.3, 0.4) is 0 Å². The molecule has 0 unspecified atom stereocenters. The summed E-state index contributed by atoms with van der Waals surface area (Å²) in [6.45, 7) is 2.74. The zero-order valence-corrected chi connectivity index (χ0v) is 10.5. The molecular weight excluding hydrogens is 248 g/mol. The average Bonchev–Trinajstić information content (AvgIpc) is 2.90. The minimum atomic E-state index is -1.21. The average molecular weight is 264 g/mol. The van der Waals surface area contributed by atoms with Crippen molar-refractivity contribution in [2.24, 2.45) is 0 Å². The summed E-state index contributed by atoms with van der Waals surface area (Å²) >= 11 is 0. The zero-order chi connectivity index (χ0) is 13.7. The second-order valence-corrected chi connectivity index (χ2v) is 4.41. The third kappa shape index (κ3) is 3.72. The standard InChI is InChI=1S/C12H16N4O3/c17-9(3-8-16-6-1-2-7-16)15-11-10(12(18)19)13-4-5-14-11/h4-5H,1-3,6-8H2,(H,18,19)(H,14,15,17). The van der Waals surface area contributed by atoms with Gasteiger partial charge in [-0.1, -0.05) is 0 Å². The van der Waals surface area contributed by atoms with Gasteiger partial charge in [0.25, 0.3) is 0 Å². The number of likely N-dealkylation sites (tertiary alicyclic amines) is 1. The first kappa shape index (κ1) is 13.4. The van der Waals surface area contributed by atoms with Crippen molar-refractivity contribution >= 4 is 17.7 Å². The Morgan fingerprint density at radius 1 is 1.26 bits per heavy atom. The number of amides is 1. The van der Waals surface area contributed by atoms with Crippen LogP contribution in [0.15, 0.2) is 12.4 Å². The second-order valence-electron chi connectivity index (χ2n) is 4.41. The van der Waals surface area contributed by atoms with Crippen molar-refractivity contribution in [3.05, 3.63) is 18.1 Å². The van der Waals surface area contributed by atoms with E-state index >= 15 is 0 Å². The Kier molecular flexibility index (Phi) is 4.40. The van der Waals surface area contributed by atoms with Gasteiger partial charge in [0.15, 0.2) is 11.5 Å². The van der Waals surface area contributed by atoms with Gasteiger partial charge < -0.3 is 15.3 Å². The number of aromatic carboxylic acids is 1. The van der Waals surface area contributed by atoms with E-state index in [-0.39, 0.29) is 17.4 Å². The third-order valence-corrected chi connectivity index (χ3v) is 3.01. The molecule has 102 valence electrons. The van der Waals surface area contributed by atoms with Crippen LogP contribution in [-0.2, 0) is 4.79 Å². The number of carboxylic acids is 1. The first-order valence-electron chi connectivity index (χ1n) is 6.23. The number of nitrogens with zero attached hydrogens (tertiary/aromatic N) is 3. The van der Waals surface area contributed by atoms with E-state index in [0.717, 1.165) is 13.1 Å². The minimum Gasteiger partial charge on any atom is -0.476 e. The van der Waals surface area contributed by atoms with Crippen molar-refractivity contribution < 1.29 is 14.7 Å². The Bertz CT molecular complexity index is 472. The van der Waals surface area contributed by atoms with Crippen LogP contribution in [-0.4, -0.2) is 51.5 Å². The van der Waals surface area contributed by atoms with Gasteiger partial charge in [-0.25, -0.2) is 14.8 Å². The monoisotopic (exact) mass is 264 g/mol.